The van der Waals surface area contributed by atoms with Crippen molar-refractivity contribution in [2.24, 2.45) is 0 Å². The van der Waals surface area contributed by atoms with Crippen LogP contribution in [0.5, 0.6) is 5.75 Å². The van der Waals surface area contributed by atoms with E-state index in [4.69, 9.17) is 4.74 Å². The lowest BCUT2D eigenvalue weighted by Gasteiger charge is -2.10. The van der Waals surface area contributed by atoms with Gasteiger partial charge in [-0.1, -0.05) is 29.8 Å². The summed E-state index contributed by atoms with van der Waals surface area (Å²) >= 11 is 0. The maximum Gasteiger partial charge on any atom is 0.224 e. The summed E-state index contributed by atoms with van der Waals surface area (Å²) in [6.45, 7) is 3.85. The van der Waals surface area contributed by atoms with E-state index in [2.05, 4.69) is 5.32 Å². The number of methoxy groups -OCH3 is 1. The predicted octanol–water partition coefficient (Wildman–Crippen LogP) is 3.91. The van der Waals surface area contributed by atoms with E-state index in [0.717, 1.165) is 16.8 Å². The molecule has 0 bridgehead atoms. The number of para-hydroxylation sites is 1. The molecule has 120 valence electrons. The van der Waals surface area contributed by atoms with Crippen molar-refractivity contribution in [2.45, 2.75) is 26.7 Å². The molecule has 2 rings (SSSR count). The summed E-state index contributed by atoms with van der Waals surface area (Å²) in [5.41, 5.74) is 3.28. The highest BCUT2D eigenvalue weighted by Gasteiger charge is 2.14. The zero-order valence-corrected chi connectivity index (χ0v) is 13.7. The molecular formula is C19H21NO3. The molecule has 1 N–H and O–H groups in total. The Kier molecular flexibility index (Phi) is 5.52. The second-order valence-electron chi connectivity index (χ2n) is 5.49. The Morgan fingerprint density at radius 3 is 2.48 bits per heavy atom. The minimum absolute atomic E-state index is 0.0921. The van der Waals surface area contributed by atoms with Crippen molar-refractivity contribution in [1.82, 2.24) is 0 Å². The fourth-order valence-corrected chi connectivity index (χ4v) is 2.33. The van der Waals surface area contributed by atoms with Crippen molar-refractivity contribution in [3.05, 3.63) is 59.2 Å². The highest BCUT2D eigenvalue weighted by atomic mass is 16.5. The molecule has 0 aliphatic heterocycles. The number of Topliss-reactive ketones (excluding diaryl/α,β-unsaturated/α-hetero) is 1. The molecule has 4 nitrogen and oxygen atoms in total. The first kappa shape index (κ1) is 16.7. The second-order valence-corrected chi connectivity index (χ2v) is 5.49. The highest BCUT2D eigenvalue weighted by Crippen LogP contribution is 2.22. The normalized spacial score (nSPS) is 10.2. The third-order valence-electron chi connectivity index (χ3n) is 3.65. The molecule has 0 radical (unpaired) electrons. The molecule has 1 amide bonds. The summed E-state index contributed by atoms with van der Waals surface area (Å²) in [5, 5.41) is 2.83. The van der Waals surface area contributed by atoms with Crippen molar-refractivity contribution in [2.75, 3.05) is 12.4 Å². The molecule has 0 spiro atoms. The van der Waals surface area contributed by atoms with Crippen LogP contribution in [0.15, 0.2) is 42.5 Å². The molecule has 0 saturated heterocycles. The van der Waals surface area contributed by atoms with Crippen LogP contribution in [0.1, 0.15) is 34.3 Å². The number of rotatable bonds is 6. The molecule has 23 heavy (non-hydrogen) atoms. The molecule has 0 saturated carbocycles. The van der Waals surface area contributed by atoms with Gasteiger partial charge in [-0.3, -0.25) is 9.59 Å². The van der Waals surface area contributed by atoms with Gasteiger partial charge in [-0.2, -0.15) is 0 Å². The van der Waals surface area contributed by atoms with Crippen LogP contribution in [0.2, 0.25) is 0 Å². The third-order valence-corrected chi connectivity index (χ3v) is 3.65. The molecule has 2 aromatic rings. The number of nitrogens with one attached hydrogen (secondary N) is 1. The summed E-state index contributed by atoms with van der Waals surface area (Å²) in [5.74, 6) is 0.282. The average Bonchev–Trinajstić information content (AvgIpc) is 2.54. The molecule has 0 unspecified atom stereocenters. The van der Waals surface area contributed by atoms with Gasteiger partial charge in [0.15, 0.2) is 5.78 Å². The molecule has 0 fully saturated rings. The van der Waals surface area contributed by atoms with Gasteiger partial charge >= 0.3 is 0 Å². The van der Waals surface area contributed by atoms with Crippen LogP contribution >= 0.6 is 0 Å². The molecule has 2 aromatic carbocycles. The lowest BCUT2D eigenvalue weighted by Crippen LogP contribution is -2.14. The van der Waals surface area contributed by atoms with Crippen LogP contribution in [0.4, 0.5) is 5.69 Å². The second kappa shape index (κ2) is 7.58. The van der Waals surface area contributed by atoms with E-state index in [1.165, 1.54) is 7.11 Å². The van der Waals surface area contributed by atoms with Gasteiger partial charge in [0.25, 0.3) is 0 Å². The van der Waals surface area contributed by atoms with Gasteiger partial charge in [-0.25, -0.2) is 0 Å². The molecule has 0 aliphatic carbocycles. The number of hydrogen-bond donors (Lipinski definition) is 1. The number of amides is 1. The largest absolute Gasteiger partial charge is 0.496 e. The van der Waals surface area contributed by atoms with Crippen molar-refractivity contribution in [3.63, 3.8) is 0 Å². The van der Waals surface area contributed by atoms with Crippen molar-refractivity contribution >= 4 is 17.4 Å². The zero-order chi connectivity index (χ0) is 16.8. The fraction of sp³-hybridized carbons (Fsp3) is 0.263. The molecule has 0 heterocycles. The van der Waals surface area contributed by atoms with Crippen molar-refractivity contribution < 1.29 is 14.3 Å². The monoisotopic (exact) mass is 311 g/mol. The Bertz CT molecular complexity index is 722. The first-order valence-electron chi connectivity index (χ1n) is 7.54. The van der Waals surface area contributed by atoms with Gasteiger partial charge in [0.1, 0.15) is 5.75 Å². The third kappa shape index (κ3) is 4.42. The number of anilines is 1. The zero-order valence-electron chi connectivity index (χ0n) is 13.7. The van der Waals surface area contributed by atoms with E-state index < -0.39 is 0 Å². The minimum Gasteiger partial charge on any atom is -0.496 e. The van der Waals surface area contributed by atoms with Crippen LogP contribution in [-0.4, -0.2) is 18.8 Å². The molecule has 0 atom stereocenters. The molecule has 4 heteroatoms. The maximum atomic E-state index is 12.3. The van der Waals surface area contributed by atoms with Crippen LogP contribution < -0.4 is 10.1 Å². The van der Waals surface area contributed by atoms with Crippen LogP contribution in [-0.2, 0) is 4.79 Å². The van der Waals surface area contributed by atoms with Crippen LogP contribution in [0.25, 0.3) is 0 Å². The Labute approximate surface area is 136 Å². The van der Waals surface area contributed by atoms with E-state index in [9.17, 15) is 9.59 Å². The Morgan fingerprint density at radius 2 is 1.78 bits per heavy atom. The number of ketones is 1. The Morgan fingerprint density at radius 1 is 1.04 bits per heavy atom. The van der Waals surface area contributed by atoms with E-state index in [0.29, 0.717) is 11.3 Å². The summed E-state index contributed by atoms with van der Waals surface area (Å²) in [6, 6.07) is 13.0. The maximum absolute atomic E-state index is 12.3. The number of benzene rings is 2. The lowest BCUT2D eigenvalue weighted by atomic mass is 10.0. The van der Waals surface area contributed by atoms with Gasteiger partial charge < -0.3 is 10.1 Å². The van der Waals surface area contributed by atoms with Gasteiger partial charge in [0, 0.05) is 18.5 Å². The number of carbonyl (C=O) groups excluding carboxylic acids is 2. The highest BCUT2D eigenvalue weighted by molar-refractivity contribution is 6.02. The van der Waals surface area contributed by atoms with Crippen molar-refractivity contribution in [3.8, 4) is 5.75 Å². The van der Waals surface area contributed by atoms with Crippen molar-refractivity contribution in [1.29, 1.82) is 0 Å². The van der Waals surface area contributed by atoms with Gasteiger partial charge in [-0.15, -0.1) is 0 Å². The number of ether oxygens (including phenoxy) is 1. The number of hydrogen-bond acceptors (Lipinski definition) is 3. The average molecular weight is 311 g/mol. The smallest absolute Gasteiger partial charge is 0.224 e. The fourth-order valence-electron chi connectivity index (χ4n) is 2.33. The summed E-state index contributed by atoms with van der Waals surface area (Å²) in [4.78, 5) is 24.4. The van der Waals surface area contributed by atoms with E-state index in [-0.39, 0.29) is 24.5 Å². The van der Waals surface area contributed by atoms with Gasteiger partial charge in [0.05, 0.1) is 12.7 Å². The SMILES string of the molecule is COc1ccc(C)cc1C(=O)CCC(=O)Nc1ccccc1C. The Hall–Kier alpha value is -2.62. The van der Waals surface area contributed by atoms with Gasteiger partial charge in [-0.05, 0) is 37.6 Å². The van der Waals surface area contributed by atoms with Gasteiger partial charge in [0.2, 0.25) is 5.91 Å². The summed E-state index contributed by atoms with van der Waals surface area (Å²) in [7, 11) is 1.53. The van der Waals surface area contributed by atoms with E-state index in [1.54, 1.807) is 12.1 Å². The van der Waals surface area contributed by atoms with Crippen LogP contribution in [0, 0.1) is 13.8 Å². The van der Waals surface area contributed by atoms with E-state index in [1.807, 2.05) is 44.2 Å². The minimum atomic E-state index is -0.167. The summed E-state index contributed by atoms with van der Waals surface area (Å²) in [6.07, 6.45) is 0.293. The molecular weight excluding hydrogens is 290 g/mol. The predicted molar refractivity (Wildman–Crippen MR) is 91.1 cm³/mol. The first-order chi connectivity index (χ1) is 11.0. The number of carbonyl (C=O) groups is 2. The molecule has 0 aliphatic rings. The lowest BCUT2D eigenvalue weighted by molar-refractivity contribution is -0.116. The van der Waals surface area contributed by atoms with E-state index >= 15 is 0 Å². The molecule has 0 aromatic heterocycles. The van der Waals surface area contributed by atoms with Crippen LogP contribution in [0.3, 0.4) is 0 Å². The first-order valence-corrected chi connectivity index (χ1v) is 7.54. The number of aryl methyl sites for hydroxylation is 2. The standard InChI is InChI=1S/C19H21NO3/c1-13-8-10-18(23-3)15(12-13)17(21)9-11-19(22)20-16-7-5-4-6-14(16)2/h4-8,10,12H,9,11H2,1-3H3,(H,20,22). The summed E-state index contributed by atoms with van der Waals surface area (Å²) < 4.78 is 5.22. The quantitative estimate of drug-likeness (QED) is 0.823. The Balaban J connectivity index is 1.98. The topological polar surface area (TPSA) is 55.4 Å².